The zero-order valence-electron chi connectivity index (χ0n) is 40.3. The van der Waals surface area contributed by atoms with Gasteiger partial charge in [-0.05, 0) is 126 Å². The number of hydrogen-bond acceptors (Lipinski definition) is 3. The highest BCUT2D eigenvalue weighted by Gasteiger charge is 2.46. The van der Waals surface area contributed by atoms with Crippen LogP contribution in [0.4, 0.5) is 0 Å². The smallest absolute Gasteiger partial charge is 0.238 e. The molecule has 0 atom stereocenters. The van der Waals surface area contributed by atoms with Gasteiger partial charge in [0.25, 0.3) is 0 Å². The maximum atomic E-state index is 5.50. The zero-order chi connectivity index (χ0) is 49.0. The summed E-state index contributed by atoms with van der Waals surface area (Å²) in [6, 6.07) is 100. The summed E-state index contributed by atoms with van der Waals surface area (Å²) in [5.41, 5.74) is 19.8. The number of nitrogens with zero attached hydrogens (tertiary/aromatic N) is 4. The van der Waals surface area contributed by atoms with Crippen molar-refractivity contribution in [3.8, 4) is 84.4 Å². The lowest BCUT2D eigenvalue weighted by Crippen LogP contribution is -2.28. The van der Waals surface area contributed by atoms with Gasteiger partial charge in [-0.15, -0.1) is 0 Å². The number of fused-ring (bicyclic) bond motifs is 6. The van der Waals surface area contributed by atoms with Gasteiger partial charge >= 0.3 is 0 Å². The summed E-state index contributed by atoms with van der Waals surface area (Å²) >= 11 is 0. The van der Waals surface area contributed by atoms with E-state index in [2.05, 4.69) is 265 Å². The summed E-state index contributed by atoms with van der Waals surface area (Å²) in [5, 5.41) is 2.27. The third-order valence-corrected chi connectivity index (χ3v) is 14.9. The SMILES string of the molecule is c1ccc(-c2cccc(-c3cc(-c4ccccc4)cc(-c4cccc(-c5nc(-c6ccccc6)nc(-n6c7ccccc7c7cc8c(cc76)C(c6ccccc6)(c6ccccc6)c6ccccc6-8)n5)c4)c3)c2)cc1. The van der Waals surface area contributed by atoms with E-state index >= 15 is 0 Å². The van der Waals surface area contributed by atoms with E-state index in [0.29, 0.717) is 17.6 Å². The highest BCUT2D eigenvalue weighted by atomic mass is 15.2. The van der Waals surface area contributed by atoms with E-state index in [4.69, 9.17) is 15.0 Å². The van der Waals surface area contributed by atoms with Crippen molar-refractivity contribution < 1.29 is 0 Å². The molecule has 1 aliphatic carbocycles. The predicted molar refractivity (Wildman–Crippen MR) is 304 cm³/mol. The Morgan fingerprint density at radius 1 is 0.257 bits per heavy atom. The summed E-state index contributed by atoms with van der Waals surface area (Å²) in [7, 11) is 0. The first kappa shape index (κ1) is 43.1. The standard InChI is InChI=1S/C70H46N4/c1-6-22-47(23-7-1)50-28-20-29-51(40-50)55-42-54(48-24-8-2-9-25-48)43-56(44-55)52-30-21-31-53(41-52)68-71-67(49-26-10-3-11-27-49)72-69(73-68)74-65-39-19-17-37-60(65)62-45-61-59-36-16-18-38-63(59)70(64(61)46-66(62)74,57-32-12-4-13-33-57)58-34-14-5-15-35-58/h1-46H. The first-order chi connectivity index (χ1) is 36.7. The molecule has 14 rings (SSSR count). The van der Waals surface area contributed by atoms with Crippen LogP contribution in [0.15, 0.2) is 279 Å². The largest absolute Gasteiger partial charge is 0.278 e. The van der Waals surface area contributed by atoms with Gasteiger partial charge < -0.3 is 0 Å². The van der Waals surface area contributed by atoms with Crippen LogP contribution in [0.2, 0.25) is 0 Å². The summed E-state index contributed by atoms with van der Waals surface area (Å²) in [4.78, 5) is 16.2. The van der Waals surface area contributed by atoms with Crippen LogP contribution >= 0.6 is 0 Å². The maximum Gasteiger partial charge on any atom is 0.238 e. The van der Waals surface area contributed by atoms with E-state index in [1.807, 2.05) is 18.2 Å². The zero-order valence-corrected chi connectivity index (χ0v) is 40.3. The van der Waals surface area contributed by atoms with E-state index in [0.717, 1.165) is 66.3 Å². The minimum Gasteiger partial charge on any atom is -0.278 e. The molecule has 0 amide bonds. The number of aromatic nitrogens is 4. The van der Waals surface area contributed by atoms with Crippen molar-refractivity contribution in [2.75, 3.05) is 0 Å². The van der Waals surface area contributed by atoms with Gasteiger partial charge in [0.2, 0.25) is 5.95 Å². The quantitative estimate of drug-likeness (QED) is 0.145. The van der Waals surface area contributed by atoms with Gasteiger partial charge in [-0.3, -0.25) is 4.57 Å². The third-order valence-electron chi connectivity index (χ3n) is 14.9. The van der Waals surface area contributed by atoms with E-state index in [9.17, 15) is 0 Å². The van der Waals surface area contributed by atoms with Crippen LogP contribution in [0.5, 0.6) is 0 Å². The monoisotopic (exact) mass is 942 g/mol. The number of benzene rings is 11. The minimum atomic E-state index is -0.577. The van der Waals surface area contributed by atoms with Crippen molar-refractivity contribution in [3.05, 3.63) is 301 Å². The first-order valence-corrected chi connectivity index (χ1v) is 25.3. The number of rotatable bonds is 9. The molecule has 4 heteroatoms. The van der Waals surface area contributed by atoms with Gasteiger partial charge in [0.1, 0.15) is 0 Å². The van der Waals surface area contributed by atoms with Crippen LogP contribution in [-0.2, 0) is 5.41 Å². The molecule has 0 radical (unpaired) electrons. The van der Waals surface area contributed by atoms with Crippen molar-refractivity contribution >= 4 is 21.8 Å². The topological polar surface area (TPSA) is 43.6 Å². The average Bonchev–Trinajstić information content (AvgIpc) is 3.97. The van der Waals surface area contributed by atoms with Crippen LogP contribution in [0, 0.1) is 0 Å². The van der Waals surface area contributed by atoms with Crippen LogP contribution in [0.25, 0.3) is 106 Å². The number of para-hydroxylation sites is 1. The predicted octanol–water partition coefficient (Wildman–Crippen LogP) is 17.3. The van der Waals surface area contributed by atoms with Crippen LogP contribution in [0.1, 0.15) is 22.3 Å². The molecule has 0 unspecified atom stereocenters. The fraction of sp³-hybridized carbons (Fsp3) is 0.0143. The lowest BCUT2D eigenvalue weighted by Gasteiger charge is -2.34. The Hall–Kier alpha value is -9.77. The highest BCUT2D eigenvalue weighted by Crippen LogP contribution is 2.57. The molecule has 13 aromatic rings. The normalized spacial score (nSPS) is 12.4. The summed E-state index contributed by atoms with van der Waals surface area (Å²) in [5.74, 6) is 1.75. The fourth-order valence-electron chi connectivity index (χ4n) is 11.5. The van der Waals surface area contributed by atoms with Crippen molar-refractivity contribution in [2.24, 2.45) is 0 Å². The summed E-state index contributed by atoms with van der Waals surface area (Å²) in [6.45, 7) is 0. The molecule has 2 heterocycles. The molecule has 4 nitrogen and oxygen atoms in total. The molecule has 0 saturated heterocycles. The molecule has 0 fully saturated rings. The summed E-state index contributed by atoms with van der Waals surface area (Å²) < 4.78 is 2.26. The molecule has 1 aliphatic rings. The van der Waals surface area contributed by atoms with Crippen molar-refractivity contribution in [1.29, 1.82) is 0 Å². The van der Waals surface area contributed by atoms with E-state index in [1.165, 1.54) is 44.5 Å². The molecule has 11 aromatic carbocycles. The van der Waals surface area contributed by atoms with E-state index in [-0.39, 0.29) is 0 Å². The van der Waals surface area contributed by atoms with Gasteiger partial charge in [0, 0.05) is 21.9 Å². The average molecular weight is 943 g/mol. The van der Waals surface area contributed by atoms with Gasteiger partial charge in [-0.25, -0.2) is 4.98 Å². The molecule has 2 aromatic heterocycles. The van der Waals surface area contributed by atoms with Crippen molar-refractivity contribution in [3.63, 3.8) is 0 Å². The van der Waals surface area contributed by atoms with Crippen LogP contribution < -0.4 is 0 Å². The molecule has 0 saturated carbocycles. The van der Waals surface area contributed by atoms with E-state index in [1.54, 1.807) is 0 Å². The molecule has 0 spiro atoms. The summed E-state index contributed by atoms with van der Waals surface area (Å²) in [6.07, 6.45) is 0. The van der Waals surface area contributed by atoms with Crippen molar-refractivity contribution in [1.82, 2.24) is 19.5 Å². The van der Waals surface area contributed by atoms with Crippen LogP contribution in [-0.4, -0.2) is 19.5 Å². The lowest BCUT2D eigenvalue weighted by molar-refractivity contribution is 0.769. The molecule has 346 valence electrons. The second-order valence-electron chi connectivity index (χ2n) is 19.1. The van der Waals surface area contributed by atoms with E-state index < -0.39 is 5.41 Å². The molecular formula is C70H46N4. The van der Waals surface area contributed by atoms with Gasteiger partial charge in [0.15, 0.2) is 11.6 Å². The Labute approximate surface area is 430 Å². The lowest BCUT2D eigenvalue weighted by atomic mass is 9.67. The Morgan fingerprint density at radius 3 is 1.31 bits per heavy atom. The Bertz CT molecular complexity index is 4180. The first-order valence-electron chi connectivity index (χ1n) is 25.3. The molecule has 74 heavy (non-hydrogen) atoms. The van der Waals surface area contributed by atoms with Gasteiger partial charge in [0.05, 0.1) is 16.4 Å². The second kappa shape index (κ2) is 17.8. The molecule has 0 aliphatic heterocycles. The Morgan fingerprint density at radius 2 is 0.689 bits per heavy atom. The molecular weight excluding hydrogens is 897 g/mol. The van der Waals surface area contributed by atoms with Crippen molar-refractivity contribution in [2.45, 2.75) is 5.41 Å². The molecule has 0 bridgehead atoms. The third kappa shape index (κ3) is 7.18. The Balaban J connectivity index is 0.974. The molecule has 0 N–H and O–H groups in total. The fourth-order valence-corrected chi connectivity index (χ4v) is 11.5. The number of hydrogen-bond donors (Lipinski definition) is 0. The van der Waals surface area contributed by atoms with Crippen LogP contribution in [0.3, 0.4) is 0 Å². The highest BCUT2D eigenvalue weighted by molar-refractivity contribution is 6.12. The Kier molecular flexibility index (Phi) is 10.4. The minimum absolute atomic E-state index is 0.553. The second-order valence-corrected chi connectivity index (χ2v) is 19.1. The van der Waals surface area contributed by atoms with Gasteiger partial charge in [-0.2, -0.15) is 9.97 Å². The maximum absolute atomic E-state index is 5.50. The van der Waals surface area contributed by atoms with Gasteiger partial charge in [-0.1, -0.05) is 231 Å².